The molecule has 0 amide bonds. The molecule has 21 heavy (non-hydrogen) atoms. The van der Waals surface area contributed by atoms with Crippen LogP contribution in [0.2, 0.25) is 0 Å². The van der Waals surface area contributed by atoms with E-state index in [1.807, 2.05) is 24.3 Å². The lowest BCUT2D eigenvalue weighted by molar-refractivity contribution is -0.00549. The number of ether oxygens (including phenoxy) is 2. The van der Waals surface area contributed by atoms with E-state index in [2.05, 4.69) is 10.1 Å². The van der Waals surface area contributed by atoms with Crippen LogP contribution in [-0.2, 0) is 4.74 Å². The van der Waals surface area contributed by atoms with Gasteiger partial charge in [0, 0.05) is 0 Å². The molecule has 3 rings (SSSR count). The monoisotopic (exact) mass is 289 g/mol. The first-order chi connectivity index (χ1) is 10.3. The van der Waals surface area contributed by atoms with Crippen molar-refractivity contribution in [1.29, 1.82) is 0 Å². The highest BCUT2D eigenvalue weighted by Gasteiger charge is 2.22. The molecule has 1 aromatic carbocycles. The average molecular weight is 289 g/mol. The summed E-state index contributed by atoms with van der Waals surface area (Å²) in [6.45, 7) is 0.412. The molecule has 0 spiro atoms. The first-order valence-corrected chi connectivity index (χ1v) is 7.12. The third kappa shape index (κ3) is 3.06. The minimum absolute atomic E-state index is 0.344. The molecule has 0 aliphatic heterocycles. The van der Waals surface area contributed by atoms with Gasteiger partial charge in [0.1, 0.15) is 5.75 Å². The topological polar surface area (TPSA) is 83.4 Å². The largest absolute Gasteiger partial charge is 0.496 e. The molecule has 1 aromatic heterocycles. The van der Waals surface area contributed by atoms with Crippen LogP contribution in [-0.4, -0.2) is 30.0 Å². The number of methoxy groups -OCH3 is 1. The summed E-state index contributed by atoms with van der Waals surface area (Å²) in [6, 6.07) is 7.11. The van der Waals surface area contributed by atoms with Gasteiger partial charge in [0.15, 0.2) is 5.82 Å². The second-order valence-electron chi connectivity index (χ2n) is 5.15. The lowest BCUT2D eigenvalue weighted by Gasteiger charge is -2.26. The summed E-state index contributed by atoms with van der Waals surface area (Å²) in [7, 11) is 1.61. The standard InChI is InChI=1S/C15H19N3O3/c1-19-13-8-3-2-7-11(13)15-17-14(18-21-15)12(16)9-20-10-5-4-6-10/h2-3,7-8,10,12H,4-6,9,16H2,1H3. The Morgan fingerprint density at radius 2 is 2.19 bits per heavy atom. The molecule has 6 heteroatoms. The quantitative estimate of drug-likeness (QED) is 0.878. The van der Waals surface area contributed by atoms with E-state index < -0.39 is 0 Å². The number of nitrogens with two attached hydrogens (primary N) is 1. The fourth-order valence-corrected chi connectivity index (χ4v) is 2.17. The van der Waals surface area contributed by atoms with E-state index in [9.17, 15) is 0 Å². The van der Waals surface area contributed by atoms with Crippen LogP contribution in [0.5, 0.6) is 5.75 Å². The maximum atomic E-state index is 6.04. The van der Waals surface area contributed by atoms with Gasteiger partial charge in [-0.1, -0.05) is 17.3 Å². The summed E-state index contributed by atoms with van der Waals surface area (Å²) in [4.78, 5) is 4.35. The van der Waals surface area contributed by atoms with Crippen LogP contribution in [0.3, 0.4) is 0 Å². The number of hydrogen-bond acceptors (Lipinski definition) is 6. The SMILES string of the molecule is COc1ccccc1-c1nc(C(N)COC2CCC2)no1. The minimum atomic E-state index is -0.377. The predicted octanol–water partition coefficient (Wildman–Crippen LogP) is 2.31. The predicted molar refractivity (Wildman–Crippen MR) is 76.8 cm³/mol. The van der Waals surface area contributed by atoms with Crippen LogP contribution in [0.25, 0.3) is 11.5 Å². The zero-order valence-corrected chi connectivity index (χ0v) is 12.0. The highest BCUT2D eigenvalue weighted by atomic mass is 16.5. The first kappa shape index (κ1) is 14.0. The molecular formula is C15H19N3O3. The molecule has 1 saturated carbocycles. The van der Waals surface area contributed by atoms with Crippen molar-refractivity contribution in [2.45, 2.75) is 31.4 Å². The molecule has 0 bridgehead atoms. The third-order valence-electron chi connectivity index (χ3n) is 3.67. The van der Waals surface area contributed by atoms with Gasteiger partial charge in [-0.15, -0.1) is 0 Å². The highest BCUT2D eigenvalue weighted by molar-refractivity contribution is 5.62. The molecule has 0 saturated heterocycles. The van der Waals surface area contributed by atoms with Gasteiger partial charge in [0.2, 0.25) is 0 Å². The van der Waals surface area contributed by atoms with Crippen LogP contribution in [0.15, 0.2) is 28.8 Å². The number of aromatic nitrogens is 2. The molecule has 1 unspecified atom stereocenters. The van der Waals surface area contributed by atoms with Crippen molar-refractivity contribution in [3.63, 3.8) is 0 Å². The van der Waals surface area contributed by atoms with Gasteiger partial charge in [0.25, 0.3) is 5.89 Å². The molecule has 1 aliphatic carbocycles. The molecule has 0 radical (unpaired) electrons. The number of hydrogen-bond donors (Lipinski definition) is 1. The Morgan fingerprint density at radius 3 is 2.90 bits per heavy atom. The van der Waals surface area contributed by atoms with Crippen molar-refractivity contribution in [2.24, 2.45) is 5.73 Å². The Hall–Kier alpha value is -1.92. The van der Waals surface area contributed by atoms with Crippen molar-refractivity contribution >= 4 is 0 Å². The fraction of sp³-hybridized carbons (Fsp3) is 0.467. The van der Waals surface area contributed by atoms with Gasteiger partial charge in [-0.2, -0.15) is 4.98 Å². The average Bonchev–Trinajstić information content (AvgIpc) is 2.95. The zero-order valence-electron chi connectivity index (χ0n) is 12.0. The Labute approximate surface area is 123 Å². The smallest absolute Gasteiger partial charge is 0.261 e. The van der Waals surface area contributed by atoms with Gasteiger partial charge in [-0.05, 0) is 31.4 Å². The Bertz CT molecular complexity index is 595. The maximum absolute atomic E-state index is 6.04. The second kappa shape index (κ2) is 6.24. The van der Waals surface area contributed by atoms with E-state index in [4.69, 9.17) is 19.7 Å². The maximum Gasteiger partial charge on any atom is 0.261 e. The summed E-state index contributed by atoms with van der Waals surface area (Å²) < 4.78 is 16.3. The Kier molecular flexibility index (Phi) is 4.17. The van der Waals surface area contributed by atoms with Crippen LogP contribution in [0.1, 0.15) is 31.1 Å². The summed E-state index contributed by atoms with van der Waals surface area (Å²) in [5.41, 5.74) is 6.80. The van der Waals surface area contributed by atoms with Crippen molar-refractivity contribution in [3.05, 3.63) is 30.1 Å². The molecule has 1 fully saturated rings. The van der Waals surface area contributed by atoms with Gasteiger partial charge in [0.05, 0.1) is 31.4 Å². The number of benzene rings is 1. The van der Waals surface area contributed by atoms with E-state index in [1.165, 1.54) is 6.42 Å². The molecule has 112 valence electrons. The summed E-state index contributed by atoms with van der Waals surface area (Å²) in [6.07, 6.45) is 3.81. The van der Waals surface area contributed by atoms with E-state index in [0.29, 0.717) is 30.2 Å². The summed E-state index contributed by atoms with van der Waals surface area (Å²) in [5.74, 6) is 1.55. The minimum Gasteiger partial charge on any atom is -0.496 e. The van der Waals surface area contributed by atoms with E-state index in [-0.39, 0.29) is 6.04 Å². The lowest BCUT2D eigenvalue weighted by atomic mass is 9.96. The molecule has 1 atom stereocenters. The summed E-state index contributed by atoms with van der Waals surface area (Å²) >= 11 is 0. The van der Waals surface area contributed by atoms with Gasteiger partial charge in [-0.25, -0.2) is 0 Å². The lowest BCUT2D eigenvalue weighted by Crippen LogP contribution is -2.27. The van der Waals surface area contributed by atoms with Gasteiger partial charge in [-0.3, -0.25) is 0 Å². The molecule has 2 N–H and O–H groups in total. The molecule has 6 nitrogen and oxygen atoms in total. The van der Waals surface area contributed by atoms with Crippen molar-refractivity contribution in [1.82, 2.24) is 10.1 Å². The number of nitrogens with zero attached hydrogens (tertiary/aromatic N) is 2. The van der Waals surface area contributed by atoms with Crippen molar-refractivity contribution < 1.29 is 14.0 Å². The van der Waals surface area contributed by atoms with Crippen molar-refractivity contribution in [3.8, 4) is 17.2 Å². The van der Waals surface area contributed by atoms with E-state index in [0.717, 1.165) is 18.4 Å². The molecule has 1 aliphatic rings. The van der Waals surface area contributed by atoms with Crippen LogP contribution in [0.4, 0.5) is 0 Å². The zero-order chi connectivity index (χ0) is 14.7. The molecular weight excluding hydrogens is 270 g/mol. The van der Waals surface area contributed by atoms with Crippen LogP contribution in [0, 0.1) is 0 Å². The fourth-order valence-electron chi connectivity index (χ4n) is 2.17. The van der Waals surface area contributed by atoms with Gasteiger partial charge >= 0.3 is 0 Å². The third-order valence-corrected chi connectivity index (χ3v) is 3.67. The number of para-hydroxylation sites is 1. The number of rotatable bonds is 6. The molecule has 2 aromatic rings. The molecule has 1 heterocycles. The Morgan fingerprint density at radius 1 is 1.38 bits per heavy atom. The second-order valence-corrected chi connectivity index (χ2v) is 5.15. The Balaban J connectivity index is 1.70. The highest BCUT2D eigenvalue weighted by Crippen LogP contribution is 2.29. The van der Waals surface area contributed by atoms with E-state index in [1.54, 1.807) is 7.11 Å². The van der Waals surface area contributed by atoms with Gasteiger partial charge < -0.3 is 19.7 Å². The summed E-state index contributed by atoms with van der Waals surface area (Å²) in [5, 5.41) is 3.94. The van der Waals surface area contributed by atoms with Crippen LogP contribution >= 0.6 is 0 Å². The first-order valence-electron chi connectivity index (χ1n) is 7.12. The van der Waals surface area contributed by atoms with Crippen molar-refractivity contribution in [2.75, 3.05) is 13.7 Å². The normalized spacial score (nSPS) is 16.5. The van der Waals surface area contributed by atoms with E-state index >= 15 is 0 Å². The van der Waals surface area contributed by atoms with Crippen LogP contribution < -0.4 is 10.5 Å².